The number of nitrogens with one attached hydrogen (secondary N) is 1. The number of hydrogen-bond acceptors (Lipinski definition) is 4. The number of hydrogen-bond donors (Lipinski definition) is 1. The Kier molecular flexibility index (Phi) is 7.86. The molecule has 9 heteroatoms. The van der Waals surface area contributed by atoms with E-state index in [0.717, 1.165) is 10.0 Å². The molecule has 0 aliphatic carbocycles. The molecule has 1 amide bonds. The van der Waals surface area contributed by atoms with Gasteiger partial charge in [0, 0.05) is 10.9 Å². The van der Waals surface area contributed by atoms with Gasteiger partial charge in [-0.3, -0.25) is 0 Å². The molecule has 0 saturated carbocycles. The Balaban J connectivity index is 2.01. The van der Waals surface area contributed by atoms with Crippen molar-refractivity contribution < 1.29 is 32.2 Å². The maximum absolute atomic E-state index is 12.3. The third-order valence-corrected chi connectivity index (χ3v) is 3.99. The second-order valence-electron chi connectivity index (χ2n) is 5.82. The molecule has 28 heavy (non-hydrogen) atoms. The third-order valence-electron chi connectivity index (χ3n) is 3.50. The lowest BCUT2D eigenvalue weighted by Crippen LogP contribution is -2.44. The van der Waals surface area contributed by atoms with Crippen LogP contribution in [0.1, 0.15) is 11.1 Å². The highest BCUT2D eigenvalue weighted by atomic mass is 79.9. The van der Waals surface area contributed by atoms with Gasteiger partial charge < -0.3 is 14.8 Å². The highest BCUT2D eigenvalue weighted by Gasteiger charge is 2.32. The summed E-state index contributed by atoms with van der Waals surface area (Å²) in [7, 11) is 0. The lowest BCUT2D eigenvalue weighted by molar-refractivity contribution is -0.187. The van der Waals surface area contributed by atoms with Crippen molar-refractivity contribution in [3.05, 3.63) is 70.2 Å². The van der Waals surface area contributed by atoms with Gasteiger partial charge >= 0.3 is 18.2 Å². The van der Waals surface area contributed by atoms with Crippen molar-refractivity contribution >= 4 is 28.0 Å². The van der Waals surface area contributed by atoms with Crippen molar-refractivity contribution in [1.29, 1.82) is 0 Å². The number of benzene rings is 2. The van der Waals surface area contributed by atoms with Crippen LogP contribution in [-0.4, -0.2) is 30.9 Å². The Morgan fingerprint density at radius 1 is 1.00 bits per heavy atom. The van der Waals surface area contributed by atoms with Gasteiger partial charge in [0.1, 0.15) is 12.6 Å². The van der Waals surface area contributed by atoms with Crippen LogP contribution in [-0.2, 0) is 27.3 Å². The van der Waals surface area contributed by atoms with Gasteiger partial charge in [-0.1, -0.05) is 58.4 Å². The zero-order valence-electron chi connectivity index (χ0n) is 14.5. The summed E-state index contributed by atoms with van der Waals surface area (Å²) in [5, 5.41) is 2.27. The first-order chi connectivity index (χ1) is 13.2. The van der Waals surface area contributed by atoms with E-state index in [4.69, 9.17) is 4.74 Å². The van der Waals surface area contributed by atoms with Crippen LogP contribution >= 0.6 is 15.9 Å². The summed E-state index contributed by atoms with van der Waals surface area (Å²) >= 11 is 3.27. The zero-order valence-corrected chi connectivity index (χ0v) is 16.1. The van der Waals surface area contributed by atoms with Crippen LogP contribution in [0.2, 0.25) is 0 Å². The van der Waals surface area contributed by atoms with Gasteiger partial charge in [0.2, 0.25) is 0 Å². The van der Waals surface area contributed by atoms with E-state index in [1.807, 2.05) is 0 Å². The van der Waals surface area contributed by atoms with E-state index in [1.165, 1.54) is 0 Å². The lowest BCUT2D eigenvalue weighted by atomic mass is 10.1. The first-order valence-corrected chi connectivity index (χ1v) is 8.97. The van der Waals surface area contributed by atoms with Crippen LogP contribution in [0, 0.1) is 0 Å². The minimum Gasteiger partial charge on any atom is -0.454 e. The van der Waals surface area contributed by atoms with Gasteiger partial charge in [-0.15, -0.1) is 0 Å². The number of rotatable bonds is 7. The van der Waals surface area contributed by atoms with Crippen LogP contribution in [0.3, 0.4) is 0 Å². The van der Waals surface area contributed by atoms with E-state index in [-0.39, 0.29) is 13.0 Å². The van der Waals surface area contributed by atoms with E-state index < -0.39 is 30.9 Å². The smallest absolute Gasteiger partial charge is 0.422 e. The fourth-order valence-electron chi connectivity index (χ4n) is 2.25. The molecule has 0 unspecified atom stereocenters. The van der Waals surface area contributed by atoms with E-state index in [2.05, 4.69) is 26.0 Å². The molecule has 0 aromatic heterocycles. The zero-order chi connectivity index (χ0) is 20.6. The Labute approximate surface area is 168 Å². The maximum atomic E-state index is 12.3. The largest absolute Gasteiger partial charge is 0.454 e. The molecule has 0 radical (unpaired) electrons. The molecule has 2 aromatic carbocycles. The topological polar surface area (TPSA) is 64.6 Å². The summed E-state index contributed by atoms with van der Waals surface area (Å²) in [5.41, 5.74) is 1.34. The molecule has 0 fully saturated rings. The van der Waals surface area contributed by atoms with Gasteiger partial charge in [0.05, 0.1) is 0 Å². The van der Waals surface area contributed by atoms with Crippen LogP contribution < -0.4 is 5.32 Å². The summed E-state index contributed by atoms with van der Waals surface area (Å²) in [4.78, 5) is 24.1. The SMILES string of the molecule is O=C(N[C@H](Cc1cccc(Br)c1)C(=O)OCC(F)(F)F)OCc1ccccc1. The standard InChI is InChI=1S/C19H17BrF3NO4/c20-15-8-4-7-14(9-15)10-16(17(25)28-12-19(21,22)23)24-18(26)27-11-13-5-2-1-3-6-13/h1-9,16H,10-12H2,(H,24,26)/t16-/m1/s1. The van der Waals surface area contributed by atoms with Crippen molar-refractivity contribution in [2.24, 2.45) is 0 Å². The van der Waals surface area contributed by atoms with E-state index >= 15 is 0 Å². The molecule has 0 aliphatic rings. The summed E-state index contributed by atoms with van der Waals surface area (Å²) < 4.78 is 47.0. The number of alkyl carbamates (subject to hydrolysis) is 1. The molecular formula is C19H17BrF3NO4. The van der Waals surface area contributed by atoms with Gasteiger partial charge in [-0.2, -0.15) is 13.2 Å². The quantitative estimate of drug-likeness (QED) is 0.623. The Morgan fingerprint density at radius 2 is 1.68 bits per heavy atom. The number of esters is 1. The number of carbonyl (C=O) groups is 2. The maximum Gasteiger partial charge on any atom is 0.422 e. The Hall–Kier alpha value is -2.55. The first kappa shape index (κ1) is 21.7. The first-order valence-electron chi connectivity index (χ1n) is 8.18. The van der Waals surface area contributed by atoms with Crippen molar-refractivity contribution in [3.8, 4) is 0 Å². The van der Waals surface area contributed by atoms with Crippen LogP contribution in [0.15, 0.2) is 59.1 Å². The average Bonchev–Trinajstić information content (AvgIpc) is 2.64. The highest BCUT2D eigenvalue weighted by Crippen LogP contribution is 2.17. The number of alkyl halides is 3. The van der Waals surface area contributed by atoms with Crippen LogP contribution in [0.25, 0.3) is 0 Å². The van der Waals surface area contributed by atoms with E-state index in [1.54, 1.807) is 54.6 Å². The number of halogens is 4. The fraction of sp³-hybridized carbons (Fsp3) is 0.263. The molecule has 2 aromatic rings. The molecule has 1 N–H and O–H groups in total. The monoisotopic (exact) mass is 459 g/mol. The summed E-state index contributed by atoms with van der Waals surface area (Å²) in [6, 6.07) is 14.3. The summed E-state index contributed by atoms with van der Waals surface area (Å²) in [5.74, 6) is -1.20. The fourth-order valence-corrected chi connectivity index (χ4v) is 2.70. The van der Waals surface area contributed by atoms with Gasteiger partial charge in [0.15, 0.2) is 6.61 Å². The molecule has 1 atom stereocenters. The third kappa shape index (κ3) is 7.99. The molecular weight excluding hydrogens is 443 g/mol. The van der Waals surface area contributed by atoms with Crippen molar-refractivity contribution in [1.82, 2.24) is 5.32 Å². The van der Waals surface area contributed by atoms with E-state index in [0.29, 0.717) is 5.56 Å². The molecule has 0 heterocycles. The molecule has 150 valence electrons. The predicted molar refractivity (Wildman–Crippen MR) is 98.4 cm³/mol. The summed E-state index contributed by atoms with van der Waals surface area (Å²) in [6.45, 7) is -1.78. The molecule has 0 spiro atoms. The predicted octanol–water partition coefficient (Wildman–Crippen LogP) is 4.39. The second kappa shape index (κ2) is 10.1. The van der Waals surface area contributed by atoms with Crippen LogP contribution in [0.4, 0.5) is 18.0 Å². The van der Waals surface area contributed by atoms with Crippen molar-refractivity contribution in [2.75, 3.05) is 6.61 Å². The van der Waals surface area contributed by atoms with Crippen LogP contribution in [0.5, 0.6) is 0 Å². The van der Waals surface area contributed by atoms with E-state index in [9.17, 15) is 22.8 Å². The molecule has 0 saturated heterocycles. The Bertz CT molecular complexity index is 799. The normalized spacial score (nSPS) is 12.1. The van der Waals surface area contributed by atoms with Gasteiger partial charge in [0.25, 0.3) is 0 Å². The van der Waals surface area contributed by atoms with Gasteiger partial charge in [-0.25, -0.2) is 9.59 Å². The van der Waals surface area contributed by atoms with Gasteiger partial charge in [-0.05, 0) is 23.3 Å². The molecule has 2 rings (SSSR count). The van der Waals surface area contributed by atoms with Crippen molar-refractivity contribution in [3.63, 3.8) is 0 Å². The minimum atomic E-state index is -4.66. The highest BCUT2D eigenvalue weighted by molar-refractivity contribution is 9.10. The number of ether oxygens (including phenoxy) is 2. The number of amides is 1. The molecule has 0 bridgehead atoms. The average molecular weight is 460 g/mol. The number of carbonyl (C=O) groups excluding carboxylic acids is 2. The lowest BCUT2D eigenvalue weighted by Gasteiger charge is -2.18. The second-order valence-corrected chi connectivity index (χ2v) is 6.73. The molecule has 0 aliphatic heterocycles. The Morgan fingerprint density at radius 3 is 2.32 bits per heavy atom. The molecule has 5 nitrogen and oxygen atoms in total. The minimum absolute atomic E-state index is 0.0477. The summed E-state index contributed by atoms with van der Waals surface area (Å²) in [6.07, 6.45) is -5.66. The van der Waals surface area contributed by atoms with Crippen molar-refractivity contribution in [2.45, 2.75) is 25.2 Å².